The van der Waals surface area contributed by atoms with E-state index in [0.29, 0.717) is 0 Å². The molecule has 3 aromatic rings. The highest BCUT2D eigenvalue weighted by atomic mass is 16.7. The van der Waals surface area contributed by atoms with Gasteiger partial charge in [-0.2, -0.15) is 0 Å². The summed E-state index contributed by atoms with van der Waals surface area (Å²) in [6.07, 6.45) is -7.66. The van der Waals surface area contributed by atoms with Gasteiger partial charge in [-0.1, -0.05) is 0 Å². The molecule has 0 bridgehead atoms. The fourth-order valence-corrected chi connectivity index (χ4v) is 3.34. The summed E-state index contributed by atoms with van der Waals surface area (Å²) in [7, 11) is 0. The summed E-state index contributed by atoms with van der Waals surface area (Å²) in [6.45, 7) is -0.655. The summed E-state index contributed by atoms with van der Waals surface area (Å²) in [5.74, 6) is -1.85. The van der Waals surface area contributed by atoms with Gasteiger partial charge >= 0.3 is 0 Å². The van der Waals surface area contributed by atoms with Crippen LogP contribution < -0.4 is 10.2 Å². The van der Waals surface area contributed by atoms with Crippen LogP contribution in [0.1, 0.15) is 0 Å². The standard InChI is InChI=1S/C19H18O11/c20-5-11-15(25)16(26)17(27)19(30-11)28-6-3-9(22)12-10(4-6)29-18-7(13(12)23)1-2-8(21)14(18)24/h1-4,11,15-17,19-22,24-27H,5H2/t11-,15+,16+,17-,19-/m1/s1. The molecule has 0 unspecified atom stereocenters. The fourth-order valence-electron chi connectivity index (χ4n) is 3.34. The normalized spacial score (nSPS) is 26.9. The molecule has 4 rings (SSSR count). The molecule has 0 saturated carbocycles. The van der Waals surface area contributed by atoms with Gasteiger partial charge in [0.15, 0.2) is 11.3 Å². The van der Waals surface area contributed by atoms with Gasteiger partial charge in [0.05, 0.1) is 12.0 Å². The van der Waals surface area contributed by atoms with Crippen LogP contribution in [0.3, 0.4) is 0 Å². The fraction of sp³-hybridized carbons (Fsp3) is 0.316. The van der Waals surface area contributed by atoms with Crippen molar-refractivity contribution in [2.45, 2.75) is 30.7 Å². The summed E-state index contributed by atoms with van der Waals surface area (Å²) in [4.78, 5) is 12.7. The Morgan fingerprint density at radius 2 is 1.70 bits per heavy atom. The van der Waals surface area contributed by atoms with Crippen LogP contribution in [0, 0.1) is 0 Å². The molecule has 0 amide bonds. The quantitative estimate of drug-likeness (QED) is 0.207. The third-order valence-electron chi connectivity index (χ3n) is 4.95. The first-order valence-electron chi connectivity index (χ1n) is 8.84. The zero-order valence-corrected chi connectivity index (χ0v) is 15.2. The number of hydrogen-bond acceptors (Lipinski definition) is 11. The molecule has 1 fully saturated rings. The first-order chi connectivity index (χ1) is 14.2. The van der Waals surface area contributed by atoms with Crippen LogP contribution >= 0.6 is 0 Å². The lowest BCUT2D eigenvalue weighted by atomic mass is 9.99. The van der Waals surface area contributed by atoms with Crippen molar-refractivity contribution in [1.82, 2.24) is 0 Å². The number of fused-ring (bicyclic) bond motifs is 2. The lowest BCUT2D eigenvalue weighted by Crippen LogP contribution is -2.60. The Bertz CT molecular complexity index is 1170. The second kappa shape index (κ2) is 7.31. The predicted molar refractivity (Wildman–Crippen MR) is 99.4 cm³/mol. The molecule has 0 spiro atoms. The summed E-state index contributed by atoms with van der Waals surface area (Å²) >= 11 is 0. The maximum Gasteiger partial charge on any atom is 0.229 e. The van der Waals surface area contributed by atoms with E-state index in [1.807, 2.05) is 0 Å². The number of rotatable bonds is 3. The number of phenols is 3. The molecule has 30 heavy (non-hydrogen) atoms. The van der Waals surface area contributed by atoms with E-state index in [9.17, 15) is 40.5 Å². The number of ether oxygens (including phenoxy) is 2. The van der Waals surface area contributed by atoms with Crippen molar-refractivity contribution in [3.05, 3.63) is 34.5 Å². The minimum Gasteiger partial charge on any atom is -0.507 e. The van der Waals surface area contributed by atoms with Crippen LogP contribution in [0.15, 0.2) is 33.5 Å². The van der Waals surface area contributed by atoms with Crippen molar-refractivity contribution in [3.8, 4) is 23.0 Å². The molecule has 11 heteroatoms. The van der Waals surface area contributed by atoms with Crippen molar-refractivity contribution in [3.63, 3.8) is 0 Å². The van der Waals surface area contributed by atoms with E-state index in [4.69, 9.17) is 13.9 Å². The lowest BCUT2D eigenvalue weighted by Gasteiger charge is -2.39. The maximum atomic E-state index is 12.7. The minimum atomic E-state index is -1.69. The third kappa shape index (κ3) is 3.09. The molecular weight excluding hydrogens is 404 g/mol. The lowest BCUT2D eigenvalue weighted by molar-refractivity contribution is -0.277. The Balaban J connectivity index is 1.78. The molecule has 2 aromatic carbocycles. The Labute approximate surface area is 167 Å². The molecule has 1 saturated heterocycles. The summed E-state index contributed by atoms with van der Waals surface area (Å²) < 4.78 is 16.1. The van der Waals surface area contributed by atoms with E-state index >= 15 is 0 Å². The van der Waals surface area contributed by atoms with Crippen molar-refractivity contribution >= 4 is 21.9 Å². The summed E-state index contributed by atoms with van der Waals surface area (Å²) in [5, 5.41) is 68.6. The average molecular weight is 422 g/mol. The molecule has 0 aliphatic carbocycles. The monoisotopic (exact) mass is 422 g/mol. The van der Waals surface area contributed by atoms with E-state index in [0.717, 1.165) is 12.1 Å². The van der Waals surface area contributed by atoms with Gasteiger partial charge in [0.2, 0.25) is 17.5 Å². The molecule has 0 radical (unpaired) electrons. The van der Waals surface area contributed by atoms with Crippen LogP contribution in [-0.4, -0.2) is 73.1 Å². The van der Waals surface area contributed by atoms with Gasteiger partial charge in [0.1, 0.15) is 46.9 Å². The molecule has 7 N–H and O–H groups in total. The van der Waals surface area contributed by atoms with Gasteiger partial charge in [-0.25, -0.2) is 0 Å². The SMILES string of the molecule is O=c1c2ccc(O)c(O)c2oc2cc(O[C@@H]3O[C@H](CO)[C@H](O)[C@H](O)[C@H]3O)cc(O)c12. The van der Waals surface area contributed by atoms with Gasteiger partial charge in [-0.15, -0.1) is 0 Å². The van der Waals surface area contributed by atoms with Crippen LogP contribution in [0.25, 0.3) is 21.9 Å². The van der Waals surface area contributed by atoms with Gasteiger partial charge in [0.25, 0.3) is 0 Å². The second-order valence-corrected chi connectivity index (χ2v) is 6.87. The second-order valence-electron chi connectivity index (χ2n) is 6.87. The Kier molecular flexibility index (Phi) is 4.92. The number of phenolic OH excluding ortho intramolecular Hbond substituents is 3. The largest absolute Gasteiger partial charge is 0.507 e. The zero-order chi connectivity index (χ0) is 21.7. The van der Waals surface area contributed by atoms with E-state index in [1.54, 1.807) is 0 Å². The molecule has 1 aromatic heterocycles. The smallest absolute Gasteiger partial charge is 0.229 e. The number of hydrogen-bond donors (Lipinski definition) is 7. The average Bonchev–Trinajstić information content (AvgIpc) is 2.71. The minimum absolute atomic E-state index is 0.0734. The molecule has 1 aliphatic heterocycles. The maximum absolute atomic E-state index is 12.7. The van der Waals surface area contributed by atoms with Crippen molar-refractivity contribution < 1.29 is 49.6 Å². The van der Waals surface area contributed by atoms with Crippen molar-refractivity contribution in [2.75, 3.05) is 6.61 Å². The highest BCUT2D eigenvalue weighted by Crippen LogP contribution is 2.37. The Hall–Kier alpha value is -3.09. The highest BCUT2D eigenvalue weighted by molar-refractivity contribution is 5.96. The van der Waals surface area contributed by atoms with Gasteiger partial charge in [0, 0.05) is 12.1 Å². The van der Waals surface area contributed by atoms with E-state index in [1.165, 1.54) is 12.1 Å². The number of benzene rings is 2. The molecular formula is C19H18O11. The van der Waals surface area contributed by atoms with E-state index in [2.05, 4.69) is 0 Å². The van der Waals surface area contributed by atoms with Crippen LogP contribution in [-0.2, 0) is 4.74 Å². The van der Waals surface area contributed by atoms with Gasteiger partial charge in [-0.05, 0) is 12.1 Å². The van der Waals surface area contributed by atoms with Gasteiger partial charge < -0.3 is 49.6 Å². The van der Waals surface area contributed by atoms with Crippen LogP contribution in [0.2, 0.25) is 0 Å². The highest BCUT2D eigenvalue weighted by Gasteiger charge is 2.44. The number of aliphatic hydroxyl groups is 4. The predicted octanol–water partition coefficient (Wildman–Crippen LogP) is -0.758. The van der Waals surface area contributed by atoms with Crippen LogP contribution in [0.4, 0.5) is 0 Å². The van der Waals surface area contributed by atoms with E-state index in [-0.39, 0.29) is 27.7 Å². The molecule has 11 nitrogen and oxygen atoms in total. The number of aromatic hydroxyl groups is 3. The first kappa shape index (κ1) is 20.2. The molecule has 1 aliphatic rings. The van der Waals surface area contributed by atoms with Gasteiger partial charge in [-0.3, -0.25) is 4.79 Å². The Morgan fingerprint density at radius 1 is 0.967 bits per heavy atom. The first-order valence-corrected chi connectivity index (χ1v) is 8.84. The van der Waals surface area contributed by atoms with E-state index < -0.39 is 60.0 Å². The summed E-state index contributed by atoms with van der Waals surface area (Å²) in [6, 6.07) is 4.55. The topological polar surface area (TPSA) is 190 Å². The van der Waals surface area contributed by atoms with Crippen molar-refractivity contribution in [2.24, 2.45) is 0 Å². The Morgan fingerprint density at radius 3 is 2.40 bits per heavy atom. The molecule has 160 valence electrons. The summed E-state index contributed by atoms with van der Waals surface area (Å²) in [5.41, 5.74) is -1.18. The zero-order valence-electron chi connectivity index (χ0n) is 15.2. The number of aliphatic hydroxyl groups excluding tert-OH is 4. The third-order valence-corrected chi connectivity index (χ3v) is 4.95. The van der Waals surface area contributed by atoms with Crippen LogP contribution in [0.5, 0.6) is 23.0 Å². The molecule has 5 atom stereocenters. The van der Waals surface area contributed by atoms with Crippen molar-refractivity contribution in [1.29, 1.82) is 0 Å². The molecule has 2 heterocycles.